The van der Waals surface area contributed by atoms with Gasteiger partial charge in [0, 0.05) is 18.3 Å². The molecule has 0 N–H and O–H groups in total. The van der Waals surface area contributed by atoms with Gasteiger partial charge in [0.25, 0.3) is 0 Å². The van der Waals surface area contributed by atoms with E-state index in [-0.39, 0.29) is 5.92 Å². The van der Waals surface area contributed by atoms with E-state index in [4.69, 9.17) is 0 Å². The molecule has 58 valence electrons. The maximum Gasteiger partial charge on any atom is 0.127 e. The summed E-state index contributed by atoms with van der Waals surface area (Å²) >= 11 is 0. The van der Waals surface area contributed by atoms with E-state index in [1.165, 1.54) is 0 Å². The van der Waals surface area contributed by atoms with Gasteiger partial charge in [-0.2, -0.15) is 0 Å². The van der Waals surface area contributed by atoms with Crippen LogP contribution in [0, 0.1) is 6.92 Å². The number of hydrogen-bond donors (Lipinski definition) is 0. The van der Waals surface area contributed by atoms with Crippen LogP contribution in [0.15, 0.2) is 18.5 Å². The van der Waals surface area contributed by atoms with E-state index in [0.29, 0.717) is 0 Å². The van der Waals surface area contributed by atoms with Gasteiger partial charge in [-0.05, 0) is 18.1 Å². The van der Waals surface area contributed by atoms with Crippen LogP contribution in [0.2, 0.25) is 0 Å². The number of aryl methyl sites for hydroxylation is 1. The van der Waals surface area contributed by atoms with Gasteiger partial charge in [0.05, 0.1) is 0 Å². The van der Waals surface area contributed by atoms with Crippen molar-refractivity contribution < 1.29 is 4.79 Å². The van der Waals surface area contributed by atoms with E-state index < -0.39 is 0 Å². The molecule has 1 aromatic heterocycles. The highest BCUT2D eigenvalue weighted by Crippen LogP contribution is 2.11. The van der Waals surface area contributed by atoms with Crippen molar-refractivity contribution >= 4 is 6.29 Å². The van der Waals surface area contributed by atoms with Crippen LogP contribution in [0.1, 0.15) is 24.0 Å². The summed E-state index contributed by atoms with van der Waals surface area (Å²) < 4.78 is 0. The van der Waals surface area contributed by atoms with Gasteiger partial charge in [0.2, 0.25) is 0 Å². The molecule has 1 aromatic rings. The van der Waals surface area contributed by atoms with Crippen molar-refractivity contribution in [1.29, 1.82) is 0 Å². The molecule has 0 saturated carbocycles. The van der Waals surface area contributed by atoms with Crippen molar-refractivity contribution in [2.45, 2.75) is 19.8 Å². The van der Waals surface area contributed by atoms with Crippen LogP contribution < -0.4 is 0 Å². The third-order valence-electron chi connectivity index (χ3n) is 1.63. The lowest BCUT2D eigenvalue weighted by Gasteiger charge is -2.02. The Morgan fingerprint density at radius 3 is 2.82 bits per heavy atom. The fraction of sp³-hybridized carbons (Fsp3) is 0.333. The van der Waals surface area contributed by atoms with Crippen molar-refractivity contribution in [3.05, 3.63) is 29.6 Å². The first-order chi connectivity index (χ1) is 5.24. The summed E-state index contributed by atoms with van der Waals surface area (Å²) in [6.45, 7) is 3.83. The lowest BCUT2D eigenvalue weighted by atomic mass is 10.0. The van der Waals surface area contributed by atoms with Gasteiger partial charge in [-0.25, -0.2) is 0 Å². The summed E-state index contributed by atoms with van der Waals surface area (Å²) in [5.74, 6) is -0.0394. The molecular formula is C9H11NO. The zero-order valence-corrected chi connectivity index (χ0v) is 6.74. The standard InChI is InChI=1S/C9H11NO/c1-7-3-9(5-10-4-7)8(2)6-11/h3-6,8H,1-2H3. The smallest absolute Gasteiger partial charge is 0.127 e. The number of aldehydes is 1. The first kappa shape index (κ1) is 7.92. The third kappa shape index (κ3) is 1.87. The minimum atomic E-state index is -0.0394. The molecule has 1 rings (SSSR count). The SMILES string of the molecule is Cc1cncc(C(C)C=O)c1. The predicted octanol–water partition coefficient (Wildman–Crippen LogP) is 1.69. The molecule has 0 aliphatic heterocycles. The molecule has 0 bridgehead atoms. The van der Waals surface area contributed by atoms with E-state index in [9.17, 15) is 4.79 Å². The van der Waals surface area contributed by atoms with Crippen LogP contribution in [0.25, 0.3) is 0 Å². The average molecular weight is 149 g/mol. The fourth-order valence-electron chi connectivity index (χ4n) is 0.906. The van der Waals surface area contributed by atoms with E-state index in [2.05, 4.69) is 4.98 Å². The number of rotatable bonds is 2. The Balaban J connectivity index is 2.95. The van der Waals surface area contributed by atoms with Crippen LogP contribution in [-0.4, -0.2) is 11.3 Å². The lowest BCUT2D eigenvalue weighted by Crippen LogP contribution is -1.95. The van der Waals surface area contributed by atoms with Gasteiger partial charge < -0.3 is 4.79 Å². The molecule has 2 heteroatoms. The van der Waals surface area contributed by atoms with Crippen LogP contribution in [0.4, 0.5) is 0 Å². The van der Waals surface area contributed by atoms with E-state index in [1.807, 2.05) is 19.9 Å². The highest BCUT2D eigenvalue weighted by Gasteiger charge is 2.02. The Morgan fingerprint density at radius 1 is 1.55 bits per heavy atom. The molecule has 2 nitrogen and oxygen atoms in total. The van der Waals surface area contributed by atoms with Gasteiger partial charge >= 0.3 is 0 Å². The van der Waals surface area contributed by atoms with Crippen LogP contribution >= 0.6 is 0 Å². The van der Waals surface area contributed by atoms with Crippen molar-refractivity contribution in [2.24, 2.45) is 0 Å². The monoisotopic (exact) mass is 149 g/mol. The van der Waals surface area contributed by atoms with Gasteiger partial charge in [0.15, 0.2) is 0 Å². The second-order valence-electron chi connectivity index (χ2n) is 2.72. The summed E-state index contributed by atoms with van der Waals surface area (Å²) in [5, 5.41) is 0. The number of aromatic nitrogens is 1. The summed E-state index contributed by atoms with van der Waals surface area (Å²) in [6.07, 6.45) is 4.43. The second kappa shape index (κ2) is 3.28. The molecule has 0 spiro atoms. The maximum atomic E-state index is 10.4. The average Bonchev–Trinajstić information content (AvgIpc) is 2.03. The molecule has 0 aliphatic rings. The van der Waals surface area contributed by atoms with Crippen molar-refractivity contribution in [3.63, 3.8) is 0 Å². The van der Waals surface area contributed by atoms with Crippen molar-refractivity contribution in [3.8, 4) is 0 Å². The Kier molecular flexibility index (Phi) is 2.36. The third-order valence-corrected chi connectivity index (χ3v) is 1.63. The Labute approximate surface area is 66.3 Å². The van der Waals surface area contributed by atoms with Crippen LogP contribution in [-0.2, 0) is 4.79 Å². The summed E-state index contributed by atoms with van der Waals surface area (Å²) in [6, 6.07) is 1.98. The van der Waals surface area contributed by atoms with Crippen molar-refractivity contribution in [2.75, 3.05) is 0 Å². The number of carbonyl (C=O) groups is 1. The molecule has 1 unspecified atom stereocenters. The Bertz CT molecular complexity index is 257. The molecule has 11 heavy (non-hydrogen) atoms. The van der Waals surface area contributed by atoms with E-state index >= 15 is 0 Å². The molecule has 0 aliphatic carbocycles. The molecule has 0 amide bonds. The largest absolute Gasteiger partial charge is 0.303 e. The maximum absolute atomic E-state index is 10.4. The summed E-state index contributed by atoms with van der Waals surface area (Å²) in [4.78, 5) is 14.4. The van der Waals surface area contributed by atoms with Gasteiger partial charge in [-0.15, -0.1) is 0 Å². The Hall–Kier alpha value is -1.18. The quantitative estimate of drug-likeness (QED) is 0.599. The first-order valence-corrected chi connectivity index (χ1v) is 3.61. The molecule has 1 heterocycles. The molecule has 0 fully saturated rings. The Morgan fingerprint density at radius 2 is 2.27 bits per heavy atom. The normalized spacial score (nSPS) is 12.5. The topological polar surface area (TPSA) is 30.0 Å². The van der Waals surface area contributed by atoms with Crippen molar-refractivity contribution in [1.82, 2.24) is 4.98 Å². The zero-order chi connectivity index (χ0) is 8.27. The highest BCUT2D eigenvalue weighted by atomic mass is 16.1. The van der Waals surface area contributed by atoms with Gasteiger partial charge in [-0.3, -0.25) is 4.98 Å². The fourth-order valence-corrected chi connectivity index (χ4v) is 0.906. The number of nitrogens with zero attached hydrogens (tertiary/aromatic N) is 1. The minimum Gasteiger partial charge on any atom is -0.303 e. The number of carbonyl (C=O) groups excluding carboxylic acids is 1. The zero-order valence-electron chi connectivity index (χ0n) is 6.74. The van der Waals surface area contributed by atoms with Gasteiger partial charge in [-0.1, -0.05) is 13.0 Å². The second-order valence-corrected chi connectivity index (χ2v) is 2.72. The molecule has 0 aromatic carbocycles. The number of hydrogen-bond acceptors (Lipinski definition) is 2. The van der Waals surface area contributed by atoms with Crippen LogP contribution in [0.5, 0.6) is 0 Å². The predicted molar refractivity (Wildman–Crippen MR) is 43.5 cm³/mol. The molecule has 1 atom stereocenters. The lowest BCUT2D eigenvalue weighted by molar-refractivity contribution is -0.108. The molecule has 0 radical (unpaired) electrons. The molecule has 0 saturated heterocycles. The summed E-state index contributed by atoms with van der Waals surface area (Å²) in [7, 11) is 0. The van der Waals surface area contributed by atoms with Crippen LogP contribution in [0.3, 0.4) is 0 Å². The van der Waals surface area contributed by atoms with Gasteiger partial charge in [0.1, 0.15) is 6.29 Å². The highest BCUT2D eigenvalue weighted by molar-refractivity contribution is 5.61. The molecular weight excluding hydrogens is 138 g/mol. The first-order valence-electron chi connectivity index (χ1n) is 3.61. The summed E-state index contributed by atoms with van der Waals surface area (Å²) in [5.41, 5.74) is 2.08. The minimum absolute atomic E-state index is 0.0394. The number of pyridine rings is 1. The van der Waals surface area contributed by atoms with E-state index in [0.717, 1.165) is 17.4 Å². The van der Waals surface area contributed by atoms with E-state index in [1.54, 1.807) is 12.4 Å².